The number of nitrogens with one attached hydrogen (secondary N) is 1. The average molecular weight is 488 g/mol. The molecule has 1 N–H and O–H groups in total. The molecule has 35 heavy (non-hydrogen) atoms. The van der Waals surface area contributed by atoms with Gasteiger partial charge in [0, 0.05) is 42.8 Å². The highest BCUT2D eigenvalue weighted by Crippen LogP contribution is 2.41. The van der Waals surface area contributed by atoms with Crippen LogP contribution in [0, 0.1) is 16.0 Å². The number of hydrogen-bond donors (Lipinski definition) is 1. The molecule has 11 nitrogen and oxygen atoms in total. The lowest BCUT2D eigenvalue weighted by atomic mass is 9.75. The molecule has 0 bridgehead atoms. The van der Waals surface area contributed by atoms with Crippen molar-refractivity contribution in [2.75, 3.05) is 19.8 Å². The van der Waals surface area contributed by atoms with Crippen LogP contribution in [-0.4, -0.2) is 54.5 Å². The van der Waals surface area contributed by atoms with E-state index in [-0.39, 0.29) is 30.3 Å². The lowest BCUT2D eigenvalue weighted by Gasteiger charge is -2.33. The molecule has 0 aromatic heterocycles. The van der Waals surface area contributed by atoms with Gasteiger partial charge in [0.15, 0.2) is 0 Å². The molecule has 2 aliphatic heterocycles. The first-order valence-corrected chi connectivity index (χ1v) is 11.4. The van der Waals surface area contributed by atoms with Crippen LogP contribution in [0.3, 0.4) is 0 Å². The van der Waals surface area contributed by atoms with E-state index in [1.807, 2.05) is 0 Å². The monoisotopic (exact) mass is 487 g/mol. The number of rotatable bonds is 8. The number of nitro groups is 1. The van der Waals surface area contributed by atoms with Crippen molar-refractivity contribution in [2.45, 2.75) is 52.2 Å². The van der Waals surface area contributed by atoms with Gasteiger partial charge in [-0.1, -0.05) is 12.1 Å². The zero-order valence-corrected chi connectivity index (χ0v) is 19.9. The molecule has 2 aliphatic rings. The summed E-state index contributed by atoms with van der Waals surface area (Å²) in [6, 6.07) is 5.78. The van der Waals surface area contributed by atoms with E-state index in [0.29, 0.717) is 30.0 Å². The molecule has 0 radical (unpaired) electrons. The van der Waals surface area contributed by atoms with E-state index in [0.717, 1.165) is 12.8 Å². The topological polar surface area (TPSA) is 146 Å². The van der Waals surface area contributed by atoms with Gasteiger partial charge in [0.05, 0.1) is 23.6 Å². The molecule has 1 aromatic rings. The van der Waals surface area contributed by atoms with Crippen molar-refractivity contribution in [2.24, 2.45) is 10.9 Å². The van der Waals surface area contributed by atoms with Crippen molar-refractivity contribution >= 4 is 29.2 Å². The second-order valence-electron chi connectivity index (χ2n) is 8.41. The molecule has 3 rings (SSSR count). The van der Waals surface area contributed by atoms with Crippen LogP contribution < -0.4 is 5.32 Å². The fourth-order valence-corrected chi connectivity index (χ4v) is 4.25. The molecule has 2 unspecified atom stereocenters. The van der Waals surface area contributed by atoms with E-state index in [9.17, 15) is 24.5 Å². The number of hydrogen-bond acceptors (Lipinski definition) is 9. The largest absolute Gasteiger partial charge is 0.460 e. The van der Waals surface area contributed by atoms with Crippen molar-refractivity contribution in [1.29, 1.82) is 0 Å². The van der Waals surface area contributed by atoms with Gasteiger partial charge in [-0.15, -0.1) is 0 Å². The Bertz CT molecular complexity index is 1060. The Morgan fingerprint density at radius 3 is 2.69 bits per heavy atom. The lowest BCUT2D eigenvalue weighted by Crippen LogP contribution is -2.39. The second kappa shape index (κ2) is 11.7. The molecule has 11 heteroatoms. The Balaban J connectivity index is 1.97. The van der Waals surface area contributed by atoms with Crippen molar-refractivity contribution in [1.82, 2.24) is 5.32 Å². The fraction of sp³-hybridized carbons (Fsp3) is 0.500. The molecule has 1 saturated heterocycles. The third-order valence-corrected chi connectivity index (χ3v) is 5.84. The number of amides is 1. The van der Waals surface area contributed by atoms with E-state index in [2.05, 4.69) is 10.3 Å². The first kappa shape index (κ1) is 26.0. The maximum atomic E-state index is 13.4. The van der Waals surface area contributed by atoms with E-state index in [1.54, 1.807) is 19.9 Å². The Kier molecular flexibility index (Phi) is 8.69. The van der Waals surface area contributed by atoms with E-state index < -0.39 is 35.0 Å². The van der Waals surface area contributed by atoms with Crippen LogP contribution in [-0.2, 0) is 28.6 Å². The molecule has 188 valence electrons. The molecule has 1 fully saturated rings. The lowest BCUT2D eigenvalue weighted by molar-refractivity contribution is -0.384. The summed E-state index contributed by atoms with van der Waals surface area (Å²) in [5.41, 5.74) is 1.05. The van der Waals surface area contributed by atoms with Crippen LogP contribution in [0.1, 0.15) is 51.5 Å². The Hall–Kier alpha value is -3.60. The number of aliphatic imine (C=N–C) groups is 1. The summed E-state index contributed by atoms with van der Waals surface area (Å²) in [4.78, 5) is 52.9. The van der Waals surface area contributed by atoms with Crippen molar-refractivity contribution in [3.63, 3.8) is 0 Å². The zero-order chi connectivity index (χ0) is 25.5. The summed E-state index contributed by atoms with van der Waals surface area (Å²) in [6.45, 7) is 5.11. The molecule has 3 atom stereocenters. The number of carbonyl (C=O) groups excluding carboxylic acids is 3. The number of nitro benzene ring substituents is 1. The standard InChI is InChI=1S/C24H29N3O8/c1-14-20(23(29)34-12-10-25-16(3)28)22(17-7-6-8-18(13-17)27(31)32)21(15(2)26-14)24(30)35-19-9-4-5-11-33-19/h6-8,13,19,21-22H,4-5,9-12H2,1-3H3,(H,25,28)/t19?,21?,22-/m1/s1. The Morgan fingerprint density at radius 2 is 2.03 bits per heavy atom. The Morgan fingerprint density at radius 1 is 1.26 bits per heavy atom. The quantitative estimate of drug-likeness (QED) is 0.255. The van der Waals surface area contributed by atoms with E-state index in [1.165, 1.54) is 25.1 Å². The minimum Gasteiger partial charge on any atom is -0.460 e. The van der Waals surface area contributed by atoms with Gasteiger partial charge in [-0.05, 0) is 32.3 Å². The third kappa shape index (κ3) is 6.50. The van der Waals surface area contributed by atoms with Gasteiger partial charge in [-0.3, -0.25) is 24.7 Å². The van der Waals surface area contributed by atoms with Crippen LogP contribution in [0.4, 0.5) is 5.69 Å². The van der Waals surface area contributed by atoms with Gasteiger partial charge >= 0.3 is 11.9 Å². The molecule has 1 aromatic carbocycles. The first-order valence-electron chi connectivity index (χ1n) is 11.4. The maximum Gasteiger partial charge on any atom is 0.336 e. The number of allylic oxidation sites excluding steroid dienone is 1. The normalized spacial score (nSPS) is 22.1. The fourth-order valence-electron chi connectivity index (χ4n) is 4.25. The highest BCUT2D eigenvalue weighted by atomic mass is 16.7. The number of non-ortho nitro benzene ring substituents is 1. The predicted molar refractivity (Wildman–Crippen MR) is 124 cm³/mol. The zero-order valence-electron chi connectivity index (χ0n) is 19.9. The minimum atomic E-state index is -1.01. The summed E-state index contributed by atoms with van der Waals surface area (Å²) < 4.78 is 16.5. The first-order chi connectivity index (χ1) is 16.7. The molecular weight excluding hydrogens is 458 g/mol. The summed E-state index contributed by atoms with van der Waals surface area (Å²) in [5, 5.41) is 14.0. The van der Waals surface area contributed by atoms with Gasteiger partial charge in [0.25, 0.3) is 5.69 Å². The van der Waals surface area contributed by atoms with Gasteiger partial charge in [-0.25, -0.2) is 4.79 Å². The molecule has 0 aliphatic carbocycles. The molecule has 2 heterocycles. The van der Waals surface area contributed by atoms with Gasteiger partial charge < -0.3 is 19.5 Å². The molecule has 1 amide bonds. The average Bonchev–Trinajstić information content (AvgIpc) is 2.81. The number of benzene rings is 1. The van der Waals surface area contributed by atoms with Crippen molar-refractivity contribution in [3.8, 4) is 0 Å². The van der Waals surface area contributed by atoms with Crippen molar-refractivity contribution < 1.29 is 33.5 Å². The molecular formula is C24H29N3O8. The summed E-state index contributed by atoms with van der Waals surface area (Å²) >= 11 is 0. The number of esters is 2. The van der Waals surface area contributed by atoms with Gasteiger partial charge in [0.2, 0.25) is 12.2 Å². The highest BCUT2D eigenvalue weighted by molar-refractivity contribution is 6.07. The summed E-state index contributed by atoms with van der Waals surface area (Å²) in [5.74, 6) is -3.56. The summed E-state index contributed by atoms with van der Waals surface area (Å²) in [6.07, 6.45) is 1.60. The van der Waals surface area contributed by atoms with Crippen molar-refractivity contribution in [3.05, 3.63) is 51.2 Å². The molecule has 0 spiro atoms. The SMILES string of the molecule is CC(=O)NCCOC(=O)C1=C(C)N=C(C)C(C(=O)OC2CCCCO2)[C@@H]1c1cccc([N+](=O)[O-])c1. The number of ether oxygens (including phenoxy) is 3. The second-order valence-corrected chi connectivity index (χ2v) is 8.41. The van der Waals surface area contributed by atoms with Crippen LogP contribution in [0.15, 0.2) is 40.5 Å². The van der Waals surface area contributed by atoms with Crippen LogP contribution >= 0.6 is 0 Å². The predicted octanol–water partition coefficient (Wildman–Crippen LogP) is 2.79. The number of nitrogens with zero attached hydrogens (tertiary/aromatic N) is 2. The highest BCUT2D eigenvalue weighted by Gasteiger charge is 2.43. The van der Waals surface area contributed by atoms with E-state index in [4.69, 9.17) is 14.2 Å². The van der Waals surface area contributed by atoms with Gasteiger partial charge in [0.1, 0.15) is 12.5 Å². The van der Waals surface area contributed by atoms with Crippen LogP contribution in [0.2, 0.25) is 0 Å². The Labute approximate surface area is 202 Å². The smallest absolute Gasteiger partial charge is 0.336 e. The minimum absolute atomic E-state index is 0.0927. The van der Waals surface area contributed by atoms with Gasteiger partial charge in [-0.2, -0.15) is 0 Å². The summed E-state index contributed by atoms with van der Waals surface area (Å²) in [7, 11) is 0. The molecule has 0 saturated carbocycles. The van der Waals surface area contributed by atoms with E-state index >= 15 is 0 Å². The maximum absolute atomic E-state index is 13.4. The van der Waals surface area contributed by atoms with Crippen LogP contribution in [0.25, 0.3) is 0 Å². The number of carbonyl (C=O) groups is 3. The van der Waals surface area contributed by atoms with Crippen LogP contribution in [0.5, 0.6) is 0 Å². The third-order valence-electron chi connectivity index (χ3n) is 5.84.